The van der Waals surface area contributed by atoms with Gasteiger partial charge in [-0.1, -0.05) is 0 Å². The van der Waals surface area contributed by atoms with Crippen LogP contribution in [0.1, 0.15) is 41.3 Å². The molecule has 0 radical (unpaired) electrons. The van der Waals surface area contributed by atoms with Gasteiger partial charge in [0.05, 0.1) is 17.4 Å². The van der Waals surface area contributed by atoms with Gasteiger partial charge in [-0.15, -0.1) is 0 Å². The molecule has 3 heterocycles. The van der Waals surface area contributed by atoms with E-state index in [1.54, 1.807) is 6.20 Å². The number of aromatic nitrogens is 5. The monoisotopic (exact) mass is 322 g/mol. The summed E-state index contributed by atoms with van der Waals surface area (Å²) in [5.41, 5.74) is 7.05. The van der Waals surface area contributed by atoms with Crippen molar-refractivity contribution in [1.29, 1.82) is 0 Å². The summed E-state index contributed by atoms with van der Waals surface area (Å²) in [5, 5.41) is 10.6. The fraction of sp³-hybridized carbons (Fsp3) is 0.333. The van der Waals surface area contributed by atoms with E-state index in [0.717, 1.165) is 39.6 Å². The lowest BCUT2D eigenvalue weighted by Crippen LogP contribution is -2.11. The largest absolute Gasteiger partial charge is 0.348 e. The van der Waals surface area contributed by atoms with Crippen molar-refractivity contribution < 1.29 is 0 Å². The zero-order valence-corrected chi connectivity index (χ0v) is 14.7. The second-order valence-corrected chi connectivity index (χ2v) is 6.06. The Morgan fingerprint density at radius 1 is 1.00 bits per heavy atom. The average molecular weight is 322 g/mol. The maximum absolute atomic E-state index is 4.65. The van der Waals surface area contributed by atoms with Gasteiger partial charge in [0.2, 0.25) is 5.95 Å². The number of pyridine rings is 1. The Morgan fingerprint density at radius 2 is 1.79 bits per heavy atom. The predicted octanol–water partition coefficient (Wildman–Crippen LogP) is 3.67. The number of nitrogens with zero attached hydrogens (tertiary/aromatic N) is 4. The summed E-state index contributed by atoms with van der Waals surface area (Å²) in [6.45, 7) is 10.1. The van der Waals surface area contributed by atoms with Gasteiger partial charge >= 0.3 is 0 Å². The lowest BCUT2D eigenvalue weighted by atomic mass is 10.1. The molecule has 3 aromatic heterocycles. The normalized spacial score (nSPS) is 12.2. The third-order valence-electron chi connectivity index (χ3n) is 4.12. The number of nitrogens with one attached hydrogen (secondary N) is 2. The number of aromatic amines is 1. The van der Waals surface area contributed by atoms with Crippen molar-refractivity contribution in [2.45, 2.75) is 40.7 Å². The van der Waals surface area contributed by atoms with Crippen molar-refractivity contribution in [2.24, 2.45) is 0 Å². The molecule has 3 aromatic rings. The summed E-state index contributed by atoms with van der Waals surface area (Å²) in [6, 6.07) is 6.02. The van der Waals surface area contributed by atoms with Crippen LogP contribution in [0, 0.1) is 27.7 Å². The molecular formula is C18H22N6. The summed E-state index contributed by atoms with van der Waals surface area (Å²) in [7, 11) is 0. The van der Waals surface area contributed by atoms with Gasteiger partial charge in [-0.3, -0.25) is 10.1 Å². The number of anilines is 1. The highest BCUT2D eigenvalue weighted by Crippen LogP contribution is 2.24. The third-order valence-corrected chi connectivity index (χ3v) is 4.12. The van der Waals surface area contributed by atoms with Gasteiger partial charge in [0.1, 0.15) is 0 Å². The van der Waals surface area contributed by atoms with E-state index in [9.17, 15) is 0 Å². The molecule has 0 spiro atoms. The Bertz CT molecular complexity index is 848. The van der Waals surface area contributed by atoms with Crippen molar-refractivity contribution in [3.8, 4) is 11.3 Å². The number of H-pyrrole nitrogens is 1. The summed E-state index contributed by atoms with van der Waals surface area (Å²) in [6.07, 6.45) is 1.77. The topological polar surface area (TPSA) is 79.4 Å². The zero-order valence-electron chi connectivity index (χ0n) is 14.7. The third kappa shape index (κ3) is 3.13. The first kappa shape index (κ1) is 16.1. The first-order chi connectivity index (χ1) is 11.5. The lowest BCUT2D eigenvalue weighted by Gasteiger charge is -2.15. The molecule has 124 valence electrons. The molecule has 0 unspecified atom stereocenters. The lowest BCUT2D eigenvalue weighted by molar-refractivity contribution is 0.844. The van der Waals surface area contributed by atoms with Gasteiger partial charge in [-0.25, -0.2) is 9.97 Å². The molecule has 0 amide bonds. The molecule has 6 nitrogen and oxygen atoms in total. The van der Waals surface area contributed by atoms with E-state index in [1.807, 2.05) is 39.8 Å². The van der Waals surface area contributed by atoms with Crippen LogP contribution in [0.5, 0.6) is 0 Å². The second kappa shape index (κ2) is 6.39. The molecule has 0 aliphatic rings. The molecule has 1 atom stereocenters. The molecule has 0 saturated heterocycles. The number of rotatable bonds is 4. The maximum Gasteiger partial charge on any atom is 0.223 e. The predicted molar refractivity (Wildman–Crippen MR) is 94.8 cm³/mol. The maximum atomic E-state index is 4.65. The van der Waals surface area contributed by atoms with Crippen molar-refractivity contribution in [2.75, 3.05) is 5.32 Å². The number of aryl methyl sites for hydroxylation is 4. The molecular weight excluding hydrogens is 300 g/mol. The number of hydrogen-bond acceptors (Lipinski definition) is 5. The quantitative estimate of drug-likeness (QED) is 0.766. The van der Waals surface area contributed by atoms with Gasteiger partial charge in [-0.05, 0) is 52.8 Å². The van der Waals surface area contributed by atoms with Crippen molar-refractivity contribution in [3.05, 3.63) is 52.7 Å². The second-order valence-electron chi connectivity index (χ2n) is 6.06. The molecule has 0 aromatic carbocycles. The van der Waals surface area contributed by atoms with Crippen molar-refractivity contribution in [3.63, 3.8) is 0 Å². The van der Waals surface area contributed by atoms with Crippen molar-refractivity contribution >= 4 is 5.95 Å². The Morgan fingerprint density at radius 3 is 2.46 bits per heavy atom. The Balaban J connectivity index is 1.88. The Labute approximate surface area is 141 Å². The SMILES string of the molecule is Cc1ccc(-c2ccnc(N[C@H](C)c3c(C)n[nH]c3C)n2)c(C)n1. The molecule has 0 fully saturated rings. The minimum Gasteiger partial charge on any atom is -0.348 e. The molecule has 0 bridgehead atoms. The van der Waals surface area contributed by atoms with Gasteiger partial charge in [0, 0.05) is 34.4 Å². The average Bonchev–Trinajstić information content (AvgIpc) is 2.86. The molecule has 2 N–H and O–H groups in total. The van der Waals surface area contributed by atoms with E-state index in [1.165, 1.54) is 0 Å². The highest BCUT2D eigenvalue weighted by molar-refractivity contribution is 5.62. The molecule has 3 rings (SSSR count). The molecule has 24 heavy (non-hydrogen) atoms. The van der Waals surface area contributed by atoms with E-state index < -0.39 is 0 Å². The zero-order chi connectivity index (χ0) is 17.3. The Kier molecular flexibility index (Phi) is 4.29. The first-order valence-electron chi connectivity index (χ1n) is 8.01. The van der Waals surface area contributed by atoms with Crippen LogP contribution < -0.4 is 5.32 Å². The fourth-order valence-corrected chi connectivity index (χ4v) is 3.00. The van der Waals surface area contributed by atoms with Crippen LogP contribution >= 0.6 is 0 Å². The molecule has 6 heteroatoms. The Hall–Kier alpha value is -2.76. The van der Waals surface area contributed by atoms with Crippen LogP contribution in [0.15, 0.2) is 24.4 Å². The van der Waals surface area contributed by atoms with Gasteiger partial charge in [0.15, 0.2) is 0 Å². The summed E-state index contributed by atoms with van der Waals surface area (Å²) < 4.78 is 0. The standard InChI is InChI=1S/C18H22N6/c1-10-6-7-15(11(2)20-10)16-8-9-19-18(22-16)21-12(3)17-13(4)23-24-14(17)5/h6-9,12H,1-5H3,(H,23,24)(H,19,21,22)/t12-/m1/s1. The van der Waals surface area contributed by atoms with Gasteiger partial charge in [0.25, 0.3) is 0 Å². The van der Waals surface area contributed by atoms with Gasteiger partial charge < -0.3 is 5.32 Å². The van der Waals surface area contributed by atoms with Crippen LogP contribution in [0.4, 0.5) is 5.95 Å². The molecule has 0 saturated carbocycles. The summed E-state index contributed by atoms with van der Waals surface area (Å²) in [4.78, 5) is 13.5. The smallest absolute Gasteiger partial charge is 0.223 e. The highest BCUT2D eigenvalue weighted by Gasteiger charge is 2.15. The fourth-order valence-electron chi connectivity index (χ4n) is 3.00. The van der Waals surface area contributed by atoms with Crippen LogP contribution in [-0.2, 0) is 0 Å². The van der Waals surface area contributed by atoms with E-state index in [-0.39, 0.29) is 6.04 Å². The van der Waals surface area contributed by atoms with Crippen LogP contribution in [-0.4, -0.2) is 25.1 Å². The minimum atomic E-state index is 0.0660. The summed E-state index contributed by atoms with van der Waals surface area (Å²) in [5.74, 6) is 0.597. The summed E-state index contributed by atoms with van der Waals surface area (Å²) >= 11 is 0. The van der Waals surface area contributed by atoms with Crippen LogP contribution in [0.3, 0.4) is 0 Å². The highest BCUT2D eigenvalue weighted by atomic mass is 15.1. The van der Waals surface area contributed by atoms with E-state index in [0.29, 0.717) is 5.95 Å². The molecule has 0 aliphatic heterocycles. The minimum absolute atomic E-state index is 0.0660. The molecule has 0 aliphatic carbocycles. The van der Waals surface area contributed by atoms with Crippen molar-refractivity contribution in [1.82, 2.24) is 25.1 Å². The number of hydrogen-bond donors (Lipinski definition) is 2. The van der Waals surface area contributed by atoms with E-state index in [2.05, 4.69) is 43.5 Å². The van der Waals surface area contributed by atoms with Crippen LogP contribution in [0.2, 0.25) is 0 Å². The van der Waals surface area contributed by atoms with E-state index >= 15 is 0 Å². The van der Waals surface area contributed by atoms with Crippen LogP contribution in [0.25, 0.3) is 11.3 Å². The van der Waals surface area contributed by atoms with Gasteiger partial charge in [-0.2, -0.15) is 5.10 Å². The van der Waals surface area contributed by atoms with E-state index in [4.69, 9.17) is 0 Å². The first-order valence-corrected chi connectivity index (χ1v) is 8.01.